The smallest absolute Gasteiger partial charge is 0.239 e. The zero-order valence-corrected chi connectivity index (χ0v) is 16.6. The van der Waals surface area contributed by atoms with E-state index in [1.54, 1.807) is 7.11 Å². The Morgan fingerprint density at radius 1 is 1.38 bits per heavy atom. The maximum absolute atomic E-state index is 14.4. The summed E-state index contributed by atoms with van der Waals surface area (Å²) in [6.07, 6.45) is 2.76. The molecule has 0 saturated carbocycles. The van der Waals surface area contributed by atoms with Crippen LogP contribution in [0.15, 0.2) is 24.3 Å². The number of rotatable bonds is 7. The van der Waals surface area contributed by atoms with Gasteiger partial charge in [0, 0.05) is 32.3 Å². The predicted octanol–water partition coefficient (Wildman–Crippen LogP) is 3.61. The summed E-state index contributed by atoms with van der Waals surface area (Å²) in [7, 11) is 1.60. The number of halogens is 1. The number of nitrogens with zero attached hydrogens (tertiary/aromatic N) is 1. The minimum atomic E-state index is -0.586. The summed E-state index contributed by atoms with van der Waals surface area (Å²) in [5.41, 5.74) is 1.89. The average Bonchev–Trinajstić information content (AvgIpc) is 2.60. The van der Waals surface area contributed by atoms with E-state index in [0.29, 0.717) is 31.2 Å². The van der Waals surface area contributed by atoms with Gasteiger partial charge in [-0.25, -0.2) is 4.39 Å². The van der Waals surface area contributed by atoms with Crippen LogP contribution in [-0.2, 0) is 16.1 Å². The highest BCUT2D eigenvalue weighted by Crippen LogP contribution is 2.28. The van der Waals surface area contributed by atoms with Crippen molar-refractivity contribution < 1.29 is 13.9 Å². The van der Waals surface area contributed by atoms with Crippen molar-refractivity contribution >= 4 is 11.5 Å². The largest absolute Gasteiger partial charge is 0.380 e. The second-order valence-electron chi connectivity index (χ2n) is 7.84. The van der Waals surface area contributed by atoms with Gasteiger partial charge < -0.3 is 10.1 Å². The van der Waals surface area contributed by atoms with Crippen LogP contribution in [0.5, 0.6) is 0 Å². The summed E-state index contributed by atoms with van der Waals surface area (Å²) in [6.45, 7) is 10.5. The summed E-state index contributed by atoms with van der Waals surface area (Å²) in [5, 5.41) is 3.02. The fraction of sp³-hybridized carbons (Fsp3) is 0.571. The Balaban J connectivity index is 2.06. The van der Waals surface area contributed by atoms with Gasteiger partial charge in [0.05, 0.1) is 12.1 Å². The topological polar surface area (TPSA) is 41.6 Å². The molecule has 0 unspecified atom stereocenters. The Morgan fingerprint density at radius 2 is 2.12 bits per heavy atom. The number of carbonyl (C=O) groups is 1. The van der Waals surface area contributed by atoms with Gasteiger partial charge in [-0.3, -0.25) is 9.69 Å². The minimum absolute atomic E-state index is 0.0400. The van der Waals surface area contributed by atoms with Crippen LogP contribution in [0.4, 0.5) is 4.39 Å². The fourth-order valence-electron chi connectivity index (χ4n) is 3.15. The number of methoxy groups -OCH3 is 1. The Hall–Kier alpha value is -1.72. The number of benzene rings is 1. The SMILES string of the molecule is COCc1ccc(C2=CCN(C(C)(C)C(=O)NCC(C)C)CC2)c(F)c1. The first kappa shape index (κ1) is 20.6. The van der Waals surface area contributed by atoms with Gasteiger partial charge in [-0.2, -0.15) is 0 Å². The lowest BCUT2D eigenvalue weighted by atomic mass is 9.93. The molecular formula is C21H31FN2O2. The molecule has 1 aromatic rings. The molecule has 0 aliphatic carbocycles. The number of carbonyl (C=O) groups excluding carboxylic acids is 1. The van der Waals surface area contributed by atoms with Gasteiger partial charge in [-0.1, -0.05) is 32.1 Å². The molecule has 1 aromatic carbocycles. The van der Waals surface area contributed by atoms with Gasteiger partial charge in [0.25, 0.3) is 0 Å². The average molecular weight is 362 g/mol. The van der Waals surface area contributed by atoms with E-state index in [-0.39, 0.29) is 11.7 Å². The van der Waals surface area contributed by atoms with Crippen LogP contribution < -0.4 is 5.32 Å². The molecule has 1 aliphatic heterocycles. The van der Waals surface area contributed by atoms with Gasteiger partial charge in [0.2, 0.25) is 5.91 Å². The Kier molecular flexibility index (Phi) is 6.95. The second-order valence-corrected chi connectivity index (χ2v) is 7.84. The van der Waals surface area contributed by atoms with E-state index < -0.39 is 5.54 Å². The number of nitrogens with one attached hydrogen (secondary N) is 1. The summed E-state index contributed by atoms with van der Waals surface area (Å²) in [4.78, 5) is 14.7. The second kappa shape index (κ2) is 8.78. The van der Waals surface area contributed by atoms with E-state index in [0.717, 1.165) is 24.1 Å². The van der Waals surface area contributed by atoms with Crippen molar-refractivity contribution in [2.75, 3.05) is 26.7 Å². The highest BCUT2D eigenvalue weighted by molar-refractivity contribution is 5.85. The van der Waals surface area contributed by atoms with Gasteiger partial charge >= 0.3 is 0 Å². The normalized spacial score (nSPS) is 15.9. The molecule has 0 aromatic heterocycles. The summed E-state index contributed by atoms with van der Waals surface area (Å²) >= 11 is 0. The quantitative estimate of drug-likeness (QED) is 0.806. The first-order chi connectivity index (χ1) is 12.3. The van der Waals surface area contributed by atoms with Crippen molar-refractivity contribution in [1.29, 1.82) is 0 Å². The van der Waals surface area contributed by atoms with Gasteiger partial charge in [-0.05, 0) is 43.4 Å². The number of hydrogen-bond donors (Lipinski definition) is 1. The first-order valence-electron chi connectivity index (χ1n) is 9.25. The van der Waals surface area contributed by atoms with Crippen molar-refractivity contribution in [3.63, 3.8) is 0 Å². The number of hydrogen-bond acceptors (Lipinski definition) is 3. The maximum Gasteiger partial charge on any atom is 0.239 e. The Labute approximate surface area is 156 Å². The van der Waals surface area contributed by atoms with E-state index in [1.807, 2.05) is 32.1 Å². The molecule has 0 spiro atoms. The van der Waals surface area contributed by atoms with E-state index in [4.69, 9.17) is 4.74 Å². The van der Waals surface area contributed by atoms with Gasteiger partial charge in [-0.15, -0.1) is 0 Å². The lowest BCUT2D eigenvalue weighted by Crippen LogP contribution is -2.56. The molecule has 0 atom stereocenters. The van der Waals surface area contributed by atoms with Crippen molar-refractivity contribution in [2.45, 2.75) is 46.3 Å². The van der Waals surface area contributed by atoms with Crippen LogP contribution in [0.2, 0.25) is 0 Å². The Morgan fingerprint density at radius 3 is 2.65 bits per heavy atom. The van der Waals surface area contributed by atoms with Gasteiger partial charge in [0.1, 0.15) is 5.82 Å². The van der Waals surface area contributed by atoms with E-state index in [1.165, 1.54) is 6.07 Å². The number of ether oxygens (including phenoxy) is 1. The number of amides is 1. The summed E-state index contributed by atoms with van der Waals surface area (Å²) < 4.78 is 19.5. The standard InChI is InChI=1S/C21H31FN2O2/c1-15(2)13-23-20(25)21(3,4)24-10-8-17(9-11-24)18-7-6-16(14-26-5)12-19(18)22/h6-8,12,15H,9-11,13-14H2,1-5H3,(H,23,25). The Bertz CT molecular complexity index is 668. The van der Waals surface area contributed by atoms with Crippen LogP contribution in [0, 0.1) is 11.7 Å². The van der Waals surface area contributed by atoms with E-state index in [2.05, 4.69) is 24.1 Å². The van der Waals surface area contributed by atoms with Crippen LogP contribution in [0.3, 0.4) is 0 Å². The monoisotopic (exact) mass is 362 g/mol. The molecule has 144 valence electrons. The molecule has 1 amide bonds. The highest BCUT2D eigenvalue weighted by atomic mass is 19.1. The van der Waals surface area contributed by atoms with Crippen molar-refractivity contribution in [3.8, 4) is 0 Å². The van der Waals surface area contributed by atoms with Crippen molar-refractivity contribution in [3.05, 3.63) is 41.2 Å². The van der Waals surface area contributed by atoms with E-state index >= 15 is 0 Å². The minimum Gasteiger partial charge on any atom is -0.380 e. The predicted molar refractivity (Wildman–Crippen MR) is 103 cm³/mol. The van der Waals surface area contributed by atoms with Crippen LogP contribution >= 0.6 is 0 Å². The molecule has 4 nitrogen and oxygen atoms in total. The molecule has 26 heavy (non-hydrogen) atoms. The zero-order chi connectivity index (χ0) is 19.3. The molecule has 0 saturated heterocycles. The zero-order valence-electron chi connectivity index (χ0n) is 16.6. The third-order valence-electron chi connectivity index (χ3n) is 4.92. The molecule has 1 N–H and O–H groups in total. The fourth-order valence-corrected chi connectivity index (χ4v) is 3.15. The highest BCUT2D eigenvalue weighted by Gasteiger charge is 2.35. The molecule has 0 fully saturated rings. The van der Waals surface area contributed by atoms with Crippen molar-refractivity contribution in [1.82, 2.24) is 10.2 Å². The van der Waals surface area contributed by atoms with Crippen LogP contribution in [-0.4, -0.2) is 43.1 Å². The first-order valence-corrected chi connectivity index (χ1v) is 9.25. The summed E-state index contributed by atoms with van der Waals surface area (Å²) in [6, 6.07) is 5.26. The van der Waals surface area contributed by atoms with Gasteiger partial charge in [0.15, 0.2) is 0 Å². The molecule has 1 heterocycles. The molecule has 0 bridgehead atoms. The summed E-state index contributed by atoms with van der Waals surface area (Å²) in [5.74, 6) is 0.248. The molecule has 2 rings (SSSR count). The molecule has 0 radical (unpaired) electrons. The molecule has 1 aliphatic rings. The van der Waals surface area contributed by atoms with Crippen LogP contribution in [0.25, 0.3) is 5.57 Å². The van der Waals surface area contributed by atoms with E-state index in [9.17, 15) is 9.18 Å². The lowest BCUT2D eigenvalue weighted by molar-refractivity contribution is -0.131. The molecular weight excluding hydrogens is 331 g/mol. The third-order valence-corrected chi connectivity index (χ3v) is 4.92. The third kappa shape index (κ3) is 4.92. The van der Waals surface area contributed by atoms with Crippen LogP contribution in [0.1, 0.15) is 45.2 Å². The maximum atomic E-state index is 14.4. The van der Waals surface area contributed by atoms with Crippen molar-refractivity contribution in [2.24, 2.45) is 5.92 Å². The lowest BCUT2D eigenvalue weighted by Gasteiger charge is -2.39. The molecule has 5 heteroatoms.